The second kappa shape index (κ2) is 7.40. The van der Waals surface area contributed by atoms with Crippen LogP contribution in [0, 0.1) is 6.92 Å². The first-order chi connectivity index (χ1) is 13.1. The molecular formula is C20H25N3O4. The third kappa shape index (κ3) is 3.75. The summed E-state index contributed by atoms with van der Waals surface area (Å²) in [6.07, 6.45) is 3.95. The molecule has 2 aliphatic heterocycles. The van der Waals surface area contributed by atoms with Gasteiger partial charge in [0.15, 0.2) is 0 Å². The average Bonchev–Trinajstić information content (AvgIpc) is 3.13. The predicted molar refractivity (Wildman–Crippen MR) is 97.3 cm³/mol. The van der Waals surface area contributed by atoms with Crippen LogP contribution in [0.15, 0.2) is 28.9 Å². The van der Waals surface area contributed by atoms with Crippen LogP contribution in [0.25, 0.3) is 0 Å². The van der Waals surface area contributed by atoms with Gasteiger partial charge in [-0.05, 0) is 25.5 Å². The van der Waals surface area contributed by atoms with Crippen LogP contribution in [-0.4, -0.2) is 52.3 Å². The van der Waals surface area contributed by atoms with Gasteiger partial charge in [-0.1, -0.05) is 18.1 Å². The normalized spacial score (nSPS) is 21.3. The number of carbonyl (C=O) groups excluding carboxylic acids is 1. The van der Waals surface area contributed by atoms with Gasteiger partial charge in [0.05, 0.1) is 37.7 Å². The summed E-state index contributed by atoms with van der Waals surface area (Å²) in [5.74, 6) is 0.603. The van der Waals surface area contributed by atoms with Crippen molar-refractivity contribution < 1.29 is 18.8 Å². The number of amides is 1. The molecule has 144 valence electrons. The lowest BCUT2D eigenvalue weighted by Crippen LogP contribution is -2.67. The number of aromatic nitrogens is 2. The highest BCUT2D eigenvalue weighted by Crippen LogP contribution is 2.36. The molecule has 0 aromatic carbocycles. The van der Waals surface area contributed by atoms with E-state index in [4.69, 9.17) is 14.0 Å². The molecule has 0 N–H and O–H groups in total. The van der Waals surface area contributed by atoms with Gasteiger partial charge in [0.2, 0.25) is 0 Å². The van der Waals surface area contributed by atoms with Gasteiger partial charge in [0.25, 0.3) is 5.91 Å². The summed E-state index contributed by atoms with van der Waals surface area (Å²) in [6.45, 7) is 6.26. The molecule has 2 fully saturated rings. The maximum absolute atomic E-state index is 12.6. The van der Waals surface area contributed by atoms with Crippen molar-refractivity contribution in [2.24, 2.45) is 0 Å². The van der Waals surface area contributed by atoms with Gasteiger partial charge >= 0.3 is 0 Å². The summed E-state index contributed by atoms with van der Waals surface area (Å²) in [5, 5.41) is 3.75. The van der Waals surface area contributed by atoms with Crippen molar-refractivity contribution >= 4 is 5.91 Å². The van der Waals surface area contributed by atoms with E-state index in [9.17, 15) is 4.79 Å². The van der Waals surface area contributed by atoms with Crippen LogP contribution in [0.1, 0.15) is 47.3 Å². The molecule has 2 aliphatic rings. The smallest absolute Gasteiger partial charge is 0.259 e. The van der Waals surface area contributed by atoms with Crippen LogP contribution in [0.4, 0.5) is 0 Å². The first-order valence-electron chi connectivity index (χ1n) is 9.49. The Labute approximate surface area is 158 Å². The first kappa shape index (κ1) is 18.1. The number of likely N-dealkylation sites (tertiary alicyclic amines) is 1. The number of pyridine rings is 1. The second-order valence-corrected chi connectivity index (χ2v) is 7.41. The second-order valence-electron chi connectivity index (χ2n) is 7.41. The molecule has 0 bridgehead atoms. The molecule has 1 spiro atoms. The van der Waals surface area contributed by atoms with Crippen LogP contribution < -0.4 is 0 Å². The molecular weight excluding hydrogens is 346 g/mol. The Hall–Kier alpha value is -2.25. The number of nitrogens with zero attached hydrogens (tertiary/aromatic N) is 3. The lowest BCUT2D eigenvalue weighted by molar-refractivity contribution is -0.188. The molecule has 2 saturated heterocycles. The third-order valence-corrected chi connectivity index (χ3v) is 5.30. The van der Waals surface area contributed by atoms with Crippen molar-refractivity contribution in [3.8, 4) is 0 Å². The fourth-order valence-corrected chi connectivity index (χ4v) is 3.89. The lowest BCUT2D eigenvalue weighted by atomic mass is 9.84. The molecule has 0 saturated carbocycles. The monoisotopic (exact) mass is 371 g/mol. The number of hydrogen-bond acceptors (Lipinski definition) is 6. The zero-order valence-corrected chi connectivity index (χ0v) is 15.8. The topological polar surface area (TPSA) is 77.7 Å². The van der Waals surface area contributed by atoms with E-state index in [1.165, 1.54) is 6.20 Å². The molecule has 4 rings (SSSR count). The van der Waals surface area contributed by atoms with E-state index in [1.807, 2.05) is 32.0 Å². The molecule has 2 aromatic rings. The van der Waals surface area contributed by atoms with Crippen LogP contribution in [0.2, 0.25) is 0 Å². The van der Waals surface area contributed by atoms with E-state index >= 15 is 0 Å². The Morgan fingerprint density at radius 2 is 2.26 bits per heavy atom. The Bertz CT molecular complexity index is 813. The summed E-state index contributed by atoms with van der Waals surface area (Å²) in [6, 6.07) is 5.96. The molecule has 27 heavy (non-hydrogen) atoms. The quantitative estimate of drug-likeness (QED) is 0.804. The van der Waals surface area contributed by atoms with E-state index in [-0.39, 0.29) is 17.6 Å². The van der Waals surface area contributed by atoms with Gasteiger partial charge in [-0.3, -0.25) is 9.78 Å². The summed E-state index contributed by atoms with van der Waals surface area (Å²) < 4.78 is 17.3. The zero-order chi connectivity index (χ0) is 18.9. The highest BCUT2D eigenvalue weighted by molar-refractivity contribution is 5.95. The standard InChI is InChI=1S/C20H25N3O4/c1-3-18-17(10-21-27-18)19(24)23-12-20(13-23)9-16(7-8-26-20)25-11-15-6-4-5-14(2)22-15/h4-6,10,16H,3,7-9,11-13H2,1-2H3/t16-/m1/s1. The van der Waals surface area contributed by atoms with Gasteiger partial charge in [-0.15, -0.1) is 0 Å². The molecule has 1 amide bonds. The van der Waals surface area contributed by atoms with Crippen molar-refractivity contribution in [2.45, 2.75) is 51.4 Å². The fourth-order valence-electron chi connectivity index (χ4n) is 3.89. The summed E-state index contributed by atoms with van der Waals surface area (Å²) in [7, 11) is 0. The molecule has 0 radical (unpaired) electrons. The number of ether oxygens (including phenoxy) is 2. The van der Waals surface area contributed by atoms with E-state index in [0.717, 1.165) is 24.2 Å². The summed E-state index contributed by atoms with van der Waals surface area (Å²) in [5.41, 5.74) is 2.21. The molecule has 2 aromatic heterocycles. The maximum Gasteiger partial charge on any atom is 0.259 e. The number of hydrogen-bond donors (Lipinski definition) is 0. The van der Waals surface area contributed by atoms with Crippen molar-refractivity contribution in [3.05, 3.63) is 47.1 Å². The Kier molecular flexibility index (Phi) is 4.97. The van der Waals surface area contributed by atoms with Crippen LogP contribution in [0.5, 0.6) is 0 Å². The first-order valence-corrected chi connectivity index (χ1v) is 9.49. The van der Waals surface area contributed by atoms with Gasteiger partial charge in [0.1, 0.15) is 16.9 Å². The Morgan fingerprint density at radius 1 is 1.41 bits per heavy atom. The Morgan fingerprint density at radius 3 is 3.04 bits per heavy atom. The van der Waals surface area contributed by atoms with E-state index in [0.29, 0.717) is 44.0 Å². The van der Waals surface area contributed by atoms with Gasteiger partial charge in [0, 0.05) is 25.1 Å². The highest BCUT2D eigenvalue weighted by atomic mass is 16.5. The molecule has 1 atom stereocenters. The molecule has 4 heterocycles. The minimum Gasteiger partial charge on any atom is -0.372 e. The SMILES string of the molecule is CCc1oncc1C(=O)N1CC2(C[C@H](OCc3cccc(C)n3)CCO2)C1. The number of rotatable bonds is 5. The van der Waals surface area contributed by atoms with Crippen LogP contribution in [0.3, 0.4) is 0 Å². The van der Waals surface area contributed by atoms with Gasteiger partial charge in [-0.25, -0.2) is 0 Å². The molecule has 0 unspecified atom stereocenters. The lowest BCUT2D eigenvalue weighted by Gasteiger charge is -2.52. The predicted octanol–water partition coefficient (Wildman–Crippen LogP) is 2.53. The average molecular weight is 371 g/mol. The molecule has 7 heteroatoms. The van der Waals surface area contributed by atoms with E-state index in [1.54, 1.807) is 4.90 Å². The molecule has 7 nitrogen and oxygen atoms in total. The van der Waals surface area contributed by atoms with E-state index in [2.05, 4.69) is 10.1 Å². The third-order valence-electron chi connectivity index (χ3n) is 5.30. The highest BCUT2D eigenvalue weighted by Gasteiger charge is 2.50. The van der Waals surface area contributed by atoms with Crippen molar-refractivity contribution in [1.82, 2.24) is 15.0 Å². The van der Waals surface area contributed by atoms with E-state index < -0.39 is 0 Å². The largest absolute Gasteiger partial charge is 0.372 e. The van der Waals surface area contributed by atoms with Crippen LogP contribution in [-0.2, 0) is 22.5 Å². The van der Waals surface area contributed by atoms with Gasteiger partial charge < -0.3 is 18.9 Å². The number of carbonyl (C=O) groups is 1. The van der Waals surface area contributed by atoms with Gasteiger partial charge in [-0.2, -0.15) is 0 Å². The summed E-state index contributed by atoms with van der Waals surface area (Å²) in [4.78, 5) is 18.9. The number of aryl methyl sites for hydroxylation is 2. The minimum atomic E-state index is -0.290. The van der Waals surface area contributed by atoms with Crippen molar-refractivity contribution in [1.29, 1.82) is 0 Å². The summed E-state index contributed by atoms with van der Waals surface area (Å²) >= 11 is 0. The molecule has 0 aliphatic carbocycles. The Balaban J connectivity index is 1.32. The maximum atomic E-state index is 12.6. The minimum absolute atomic E-state index is 0.0330. The fraction of sp³-hybridized carbons (Fsp3) is 0.550. The van der Waals surface area contributed by atoms with Crippen molar-refractivity contribution in [3.63, 3.8) is 0 Å². The van der Waals surface area contributed by atoms with Crippen molar-refractivity contribution in [2.75, 3.05) is 19.7 Å². The van der Waals surface area contributed by atoms with Crippen LogP contribution >= 0.6 is 0 Å². The zero-order valence-electron chi connectivity index (χ0n) is 15.8.